The molecule has 0 bridgehead atoms. The second-order valence-corrected chi connectivity index (χ2v) is 6.85. The first-order chi connectivity index (χ1) is 14.2. The molecule has 1 aliphatic heterocycles. The molecule has 7 nitrogen and oxygen atoms in total. The highest BCUT2D eigenvalue weighted by Crippen LogP contribution is 2.22. The van der Waals surface area contributed by atoms with Crippen molar-refractivity contribution in [1.82, 2.24) is 15.1 Å². The zero-order valence-corrected chi connectivity index (χ0v) is 15.7. The lowest BCUT2D eigenvalue weighted by Crippen LogP contribution is -2.43. The van der Waals surface area contributed by atoms with Gasteiger partial charge in [0.15, 0.2) is 0 Å². The normalized spacial score (nSPS) is 15.8. The molecule has 29 heavy (non-hydrogen) atoms. The van der Waals surface area contributed by atoms with Gasteiger partial charge in [-0.15, -0.1) is 0 Å². The Balaban J connectivity index is 1.33. The number of oxime groups is 1. The van der Waals surface area contributed by atoms with E-state index in [1.165, 1.54) is 6.07 Å². The lowest BCUT2D eigenvalue weighted by molar-refractivity contribution is -0.762. The molecule has 1 aliphatic rings. The molecule has 4 aromatic rings. The summed E-state index contributed by atoms with van der Waals surface area (Å²) in [6.07, 6.45) is 2.75. The zero-order valence-electron chi connectivity index (χ0n) is 14.9. The highest BCUT2D eigenvalue weighted by Gasteiger charge is 2.28. The average Bonchev–Trinajstić information content (AvgIpc) is 3.35. The van der Waals surface area contributed by atoms with Gasteiger partial charge in [-0.3, -0.25) is 0 Å². The predicted octanol–water partition coefficient (Wildman–Crippen LogP) is 3.44. The number of ether oxygens (including phenoxy) is 1. The van der Waals surface area contributed by atoms with Crippen molar-refractivity contribution >= 4 is 28.5 Å². The molecule has 144 valence electrons. The van der Waals surface area contributed by atoms with E-state index in [2.05, 4.69) is 20.2 Å². The molecule has 0 saturated heterocycles. The Kier molecular flexibility index (Phi) is 4.33. The summed E-state index contributed by atoms with van der Waals surface area (Å²) in [4.78, 5) is 12.9. The Hall–Kier alpha value is -3.52. The minimum atomic E-state index is -0.621. The van der Waals surface area contributed by atoms with E-state index >= 15 is 0 Å². The van der Waals surface area contributed by atoms with Crippen LogP contribution in [0.5, 0.6) is 0 Å². The molecule has 3 heterocycles. The van der Waals surface area contributed by atoms with Crippen molar-refractivity contribution < 1.29 is 18.6 Å². The fraction of sp³-hybridized carbons (Fsp3) is 0.100. The standard InChI is InChI=1S/C20H13ClFN5O2/c21-13-7-5-12(6-8-13)20-26-29-18(28-20)11-27-10-17-16(9-23-27)24-19(25-17)14-3-1-2-4-15(14)22/h1-10,18H,11H2/p+1. The van der Waals surface area contributed by atoms with Crippen molar-refractivity contribution in [1.29, 1.82) is 0 Å². The smallest absolute Gasteiger partial charge is 0.328 e. The topological polar surface area (TPSA) is 76.3 Å². The lowest BCUT2D eigenvalue weighted by atomic mass is 10.2. The van der Waals surface area contributed by atoms with E-state index in [-0.39, 0.29) is 5.82 Å². The molecule has 0 radical (unpaired) electrons. The first kappa shape index (κ1) is 17.6. The van der Waals surface area contributed by atoms with Gasteiger partial charge in [0.05, 0.1) is 5.56 Å². The van der Waals surface area contributed by atoms with Crippen LogP contribution in [0.2, 0.25) is 5.02 Å². The van der Waals surface area contributed by atoms with E-state index in [4.69, 9.17) is 21.2 Å². The molecule has 5 rings (SSSR count). The number of rotatable bonds is 4. The SMILES string of the molecule is Fc1ccccc1-c1nc2cn[n+](CC3ON=C(c4ccc(Cl)cc4)O3)cc2[nH]1. The predicted molar refractivity (Wildman–Crippen MR) is 103 cm³/mol. The summed E-state index contributed by atoms with van der Waals surface area (Å²) in [6.45, 7) is 0.310. The molecule has 2 aromatic heterocycles. The van der Waals surface area contributed by atoms with Gasteiger partial charge in [-0.05, 0) is 46.7 Å². The number of halogens is 2. The minimum Gasteiger partial charge on any atom is -0.426 e. The fourth-order valence-corrected chi connectivity index (χ4v) is 3.13. The van der Waals surface area contributed by atoms with E-state index < -0.39 is 6.29 Å². The third-order valence-corrected chi connectivity index (χ3v) is 4.67. The number of H-pyrrole nitrogens is 1. The van der Waals surface area contributed by atoms with Crippen LogP contribution in [0.3, 0.4) is 0 Å². The Labute approximate surface area is 169 Å². The summed E-state index contributed by atoms with van der Waals surface area (Å²) in [5.41, 5.74) is 2.52. The second-order valence-electron chi connectivity index (χ2n) is 6.42. The molecular formula is C20H14ClFN5O2+. The number of fused-ring (bicyclic) bond motifs is 1. The number of imidazole rings is 1. The van der Waals surface area contributed by atoms with Crippen LogP contribution in [0, 0.1) is 5.82 Å². The van der Waals surface area contributed by atoms with Gasteiger partial charge >= 0.3 is 6.29 Å². The minimum absolute atomic E-state index is 0.310. The number of hydrogen-bond donors (Lipinski definition) is 1. The fourth-order valence-electron chi connectivity index (χ4n) is 3.00. The van der Waals surface area contributed by atoms with Crippen LogP contribution in [0.15, 0.2) is 66.1 Å². The van der Waals surface area contributed by atoms with E-state index in [0.717, 1.165) is 11.1 Å². The average molecular weight is 411 g/mol. The maximum Gasteiger partial charge on any atom is 0.328 e. The molecule has 0 saturated carbocycles. The lowest BCUT2D eigenvalue weighted by Gasteiger charge is -2.05. The number of aromatic amines is 1. The van der Waals surface area contributed by atoms with E-state index in [1.807, 2.05) is 0 Å². The van der Waals surface area contributed by atoms with Gasteiger partial charge in [-0.2, -0.15) is 0 Å². The third-order valence-electron chi connectivity index (χ3n) is 4.42. The summed E-state index contributed by atoms with van der Waals surface area (Å²) in [5.74, 6) is 0.489. The van der Waals surface area contributed by atoms with Crippen molar-refractivity contribution in [2.75, 3.05) is 0 Å². The number of aromatic nitrogens is 4. The highest BCUT2D eigenvalue weighted by molar-refractivity contribution is 6.30. The van der Waals surface area contributed by atoms with Gasteiger partial charge in [0.25, 0.3) is 5.90 Å². The largest absolute Gasteiger partial charge is 0.426 e. The van der Waals surface area contributed by atoms with E-state index in [0.29, 0.717) is 34.4 Å². The molecule has 1 atom stereocenters. The summed E-state index contributed by atoms with van der Waals surface area (Å²) in [6, 6.07) is 13.6. The molecule has 0 amide bonds. The number of nitrogens with one attached hydrogen (secondary N) is 1. The van der Waals surface area contributed by atoms with Crippen molar-refractivity contribution in [3.63, 3.8) is 0 Å². The monoisotopic (exact) mass is 410 g/mol. The molecule has 2 aromatic carbocycles. The van der Waals surface area contributed by atoms with E-state index in [9.17, 15) is 4.39 Å². The van der Waals surface area contributed by atoms with Gasteiger partial charge in [-0.25, -0.2) is 9.37 Å². The van der Waals surface area contributed by atoms with Gasteiger partial charge in [-0.1, -0.05) is 28.4 Å². The molecule has 9 heteroatoms. The van der Waals surface area contributed by atoms with Crippen molar-refractivity contribution in [2.24, 2.45) is 5.16 Å². The number of nitrogens with zero attached hydrogens (tertiary/aromatic N) is 4. The Morgan fingerprint density at radius 1 is 1.14 bits per heavy atom. The third kappa shape index (κ3) is 3.50. The van der Waals surface area contributed by atoms with Crippen molar-refractivity contribution in [3.8, 4) is 11.4 Å². The maximum absolute atomic E-state index is 14.0. The summed E-state index contributed by atoms with van der Waals surface area (Å²) in [7, 11) is 0. The molecule has 0 fully saturated rings. The van der Waals surface area contributed by atoms with Crippen molar-refractivity contribution in [3.05, 3.63) is 77.3 Å². The van der Waals surface area contributed by atoms with Crippen LogP contribution in [-0.2, 0) is 16.1 Å². The van der Waals surface area contributed by atoms with Crippen molar-refractivity contribution in [2.45, 2.75) is 12.8 Å². The Bertz CT molecular complexity index is 1230. The van der Waals surface area contributed by atoms with Crippen LogP contribution < -0.4 is 4.68 Å². The molecular weight excluding hydrogens is 397 g/mol. The summed E-state index contributed by atoms with van der Waals surface area (Å²) < 4.78 is 21.4. The number of hydrogen-bond acceptors (Lipinski definition) is 5. The highest BCUT2D eigenvalue weighted by atomic mass is 35.5. The number of benzene rings is 2. The quantitative estimate of drug-likeness (QED) is 0.523. The molecule has 0 spiro atoms. The van der Waals surface area contributed by atoms with Gasteiger partial charge in [0, 0.05) is 10.6 Å². The van der Waals surface area contributed by atoms with Crippen LogP contribution in [0.1, 0.15) is 5.56 Å². The molecule has 1 N–H and O–H groups in total. The Morgan fingerprint density at radius 2 is 1.97 bits per heavy atom. The second kappa shape index (κ2) is 7.14. The summed E-state index contributed by atoms with van der Waals surface area (Å²) in [5, 5.41) is 8.93. The van der Waals surface area contributed by atoms with Crippen LogP contribution in [0.4, 0.5) is 4.39 Å². The van der Waals surface area contributed by atoms with E-state index in [1.54, 1.807) is 59.5 Å². The molecule has 0 aliphatic carbocycles. The zero-order chi connectivity index (χ0) is 19.8. The Morgan fingerprint density at radius 3 is 2.79 bits per heavy atom. The van der Waals surface area contributed by atoms with Crippen LogP contribution >= 0.6 is 11.6 Å². The maximum atomic E-state index is 14.0. The first-order valence-electron chi connectivity index (χ1n) is 8.82. The van der Waals surface area contributed by atoms with Crippen LogP contribution in [-0.4, -0.2) is 27.3 Å². The van der Waals surface area contributed by atoms with Gasteiger partial charge in [0.2, 0.25) is 12.7 Å². The first-order valence-corrected chi connectivity index (χ1v) is 9.20. The summed E-state index contributed by atoms with van der Waals surface area (Å²) >= 11 is 5.90. The van der Waals surface area contributed by atoms with Gasteiger partial charge < -0.3 is 14.6 Å². The molecule has 1 unspecified atom stereocenters. The van der Waals surface area contributed by atoms with Gasteiger partial charge in [0.1, 0.15) is 28.9 Å². The van der Waals surface area contributed by atoms with Crippen LogP contribution in [0.25, 0.3) is 22.4 Å².